The summed E-state index contributed by atoms with van der Waals surface area (Å²) >= 11 is 0. The molecular formula is C22H48N2O4. The van der Waals surface area contributed by atoms with E-state index in [4.69, 9.17) is 10.2 Å². The van der Waals surface area contributed by atoms with Gasteiger partial charge in [0.2, 0.25) is 0 Å². The molecule has 0 amide bonds. The number of unbranched alkanes of at least 4 members (excludes halogenated alkanes) is 15. The molecule has 0 heterocycles. The lowest BCUT2D eigenvalue weighted by molar-refractivity contribution is -0.148. The number of carbonyl (C=O) groups is 2. The summed E-state index contributed by atoms with van der Waals surface area (Å²) in [5.41, 5.74) is 0. The second kappa shape index (κ2) is 23.9. The summed E-state index contributed by atoms with van der Waals surface area (Å²) in [7, 11) is 0. The third-order valence-corrected chi connectivity index (χ3v) is 5.18. The highest BCUT2D eigenvalue weighted by atomic mass is 16.4. The molecule has 8 N–H and O–H groups in total. The quantitative estimate of drug-likeness (QED) is 0.159. The fraction of sp³-hybridized carbons (Fsp3) is 0.909. The van der Waals surface area contributed by atoms with Crippen LogP contribution < -0.4 is 12.3 Å². The van der Waals surface area contributed by atoms with Gasteiger partial charge in [-0.05, 0) is 6.42 Å². The summed E-state index contributed by atoms with van der Waals surface area (Å²) in [5.74, 6) is -2.72. The van der Waals surface area contributed by atoms with E-state index >= 15 is 0 Å². The Morgan fingerprint density at radius 3 is 1.21 bits per heavy atom. The summed E-state index contributed by atoms with van der Waals surface area (Å²) in [4.78, 5) is 21.6. The molecule has 6 heteroatoms. The lowest BCUT2D eigenvalue weighted by Crippen LogP contribution is -2.17. The maximum absolute atomic E-state index is 11.0. The van der Waals surface area contributed by atoms with Crippen molar-refractivity contribution in [2.24, 2.45) is 5.92 Å². The van der Waals surface area contributed by atoms with Crippen LogP contribution in [0.5, 0.6) is 0 Å². The van der Waals surface area contributed by atoms with Crippen LogP contribution in [0.25, 0.3) is 0 Å². The van der Waals surface area contributed by atoms with Crippen LogP contribution in [0.4, 0.5) is 0 Å². The molecule has 0 saturated carbocycles. The number of aliphatic carboxylic acids is 2. The topological polar surface area (TPSA) is 145 Å². The Labute approximate surface area is 173 Å². The van der Waals surface area contributed by atoms with Gasteiger partial charge in [0.15, 0.2) is 0 Å². The van der Waals surface area contributed by atoms with E-state index in [-0.39, 0.29) is 18.7 Å². The molecule has 0 rings (SSSR count). The van der Waals surface area contributed by atoms with Crippen LogP contribution in [0.3, 0.4) is 0 Å². The van der Waals surface area contributed by atoms with Gasteiger partial charge in [-0.3, -0.25) is 9.59 Å². The highest BCUT2D eigenvalue weighted by molar-refractivity contribution is 5.77. The second-order valence-corrected chi connectivity index (χ2v) is 7.72. The first kappa shape index (κ1) is 31.6. The van der Waals surface area contributed by atoms with Gasteiger partial charge in [-0.15, -0.1) is 0 Å². The molecule has 6 nitrogen and oxygen atoms in total. The number of hydrogen-bond donors (Lipinski definition) is 4. The fourth-order valence-electron chi connectivity index (χ4n) is 3.46. The molecule has 0 fully saturated rings. The molecule has 0 aliphatic heterocycles. The van der Waals surface area contributed by atoms with Crippen LogP contribution in [-0.4, -0.2) is 22.2 Å². The molecule has 0 bridgehead atoms. The molecular weight excluding hydrogens is 356 g/mol. The van der Waals surface area contributed by atoms with Crippen molar-refractivity contribution >= 4 is 11.9 Å². The summed E-state index contributed by atoms with van der Waals surface area (Å²) in [5, 5.41) is 17.7. The first-order valence-electron chi connectivity index (χ1n) is 11.0. The molecule has 0 radical (unpaired) electrons. The van der Waals surface area contributed by atoms with E-state index in [0.29, 0.717) is 6.42 Å². The average molecular weight is 405 g/mol. The first-order chi connectivity index (χ1) is 12.6. The number of rotatable bonds is 20. The summed E-state index contributed by atoms with van der Waals surface area (Å²) < 4.78 is 0. The Bertz CT molecular complexity index is 351. The number of carboxylic acids is 2. The molecule has 170 valence electrons. The molecule has 28 heavy (non-hydrogen) atoms. The number of carboxylic acid groups (broad SMARTS) is 2. The molecule has 1 unspecified atom stereocenters. The van der Waals surface area contributed by atoms with Crippen molar-refractivity contribution in [3.63, 3.8) is 0 Å². The van der Waals surface area contributed by atoms with E-state index < -0.39 is 17.9 Å². The van der Waals surface area contributed by atoms with Gasteiger partial charge >= 0.3 is 11.9 Å². The van der Waals surface area contributed by atoms with Crippen molar-refractivity contribution in [2.45, 2.75) is 122 Å². The summed E-state index contributed by atoms with van der Waals surface area (Å²) in [6, 6.07) is 0. The van der Waals surface area contributed by atoms with Gasteiger partial charge < -0.3 is 22.5 Å². The van der Waals surface area contributed by atoms with Crippen LogP contribution in [0, 0.1) is 5.92 Å². The van der Waals surface area contributed by atoms with E-state index in [1.807, 2.05) is 0 Å². The Hall–Kier alpha value is -1.14. The lowest BCUT2D eigenvalue weighted by Gasteiger charge is -2.09. The van der Waals surface area contributed by atoms with Crippen LogP contribution in [0.15, 0.2) is 0 Å². The monoisotopic (exact) mass is 404 g/mol. The molecule has 0 aromatic rings. The Kier molecular flexibility index (Phi) is 26.9. The average Bonchev–Trinajstić information content (AvgIpc) is 2.59. The Morgan fingerprint density at radius 2 is 0.929 bits per heavy atom. The van der Waals surface area contributed by atoms with Gasteiger partial charge in [0, 0.05) is 0 Å². The van der Waals surface area contributed by atoms with E-state index in [1.165, 1.54) is 83.5 Å². The van der Waals surface area contributed by atoms with Gasteiger partial charge in [0.25, 0.3) is 0 Å². The maximum atomic E-state index is 11.0. The van der Waals surface area contributed by atoms with Crippen molar-refractivity contribution in [3.8, 4) is 0 Å². The second-order valence-electron chi connectivity index (χ2n) is 7.72. The zero-order chi connectivity index (χ0) is 19.5. The summed E-state index contributed by atoms with van der Waals surface area (Å²) in [6.07, 6.45) is 20.9. The van der Waals surface area contributed by atoms with E-state index in [1.54, 1.807) is 0 Å². The predicted molar refractivity (Wildman–Crippen MR) is 118 cm³/mol. The zero-order valence-corrected chi connectivity index (χ0v) is 18.4. The molecule has 0 saturated heterocycles. The van der Waals surface area contributed by atoms with Crippen molar-refractivity contribution in [1.82, 2.24) is 12.3 Å². The standard InChI is InChI=1S/C22H42O4.2H3N/c1-2-3-4-5-6-7-8-9-10-11-12-13-14-15-16-17-18-20(22(25)26)19-21(23)24;;/h20H,2-19H2,1H3,(H,23,24)(H,25,26);2*1H3. The van der Waals surface area contributed by atoms with Crippen LogP contribution in [0.2, 0.25) is 0 Å². The molecule has 0 spiro atoms. The molecule has 0 aliphatic rings. The van der Waals surface area contributed by atoms with Gasteiger partial charge in [0.05, 0.1) is 12.3 Å². The largest absolute Gasteiger partial charge is 0.481 e. The van der Waals surface area contributed by atoms with Crippen LogP contribution in [-0.2, 0) is 9.59 Å². The third kappa shape index (κ3) is 22.9. The molecule has 0 aliphatic carbocycles. The number of hydrogen-bond acceptors (Lipinski definition) is 4. The summed E-state index contributed by atoms with van der Waals surface area (Å²) in [6.45, 7) is 2.26. The van der Waals surface area contributed by atoms with Gasteiger partial charge in [-0.25, -0.2) is 0 Å². The maximum Gasteiger partial charge on any atom is 0.307 e. The smallest absolute Gasteiger partial charge is 0.307 e. The first-order valence-corrected chi connectivity index (χ1v) is 11.0. The highest BCUT2D eigenvalue weighted by Gasteiger charge is 2.20. The van der Waals surface area contributed by atoms with Crippen molar-refractivity contribution in [3.05, 3.63) is 0 Å². The fourth-order valence-corrected chi connectivity index (χ4v) is 3.46. The van der Waals surface area contributed by atoms with Crippen molar-refractivity contribution in [1.29, 1.82) is 0 Å². The van der Waals surface area contributed by atoms with Crippen molar-refractivity contribution in [2.75, 3.05) is 0 Å². The van der Waals surface area contributed by atoms with E-state index in [9.17, 15) is 9.59 Å². The van der Waals surface area contributed by atoms with E-state index in [2.05, 4.69) is 6.92 Å². The van der Waals surface area contributed by atoms with Crippen LogP contribution >= 0.6 is 0 Å². The van der Waals surface area contributed by atoms with E-state index in [0.717, 1.165) is 19.3 Å². The van der Waals surface area contributed by atoms with Gasteiger partial charge in [-0.1, -0.05) is 110 Å². The Balaban J connectivity index is -0.00000312. The minimum absolute atomic E-state index is 0. The third-order valence-electron chi connectivity index (χ3n) is 5.18. The van der Waals surface area contributed by atoms with Gasteiger partial charge in [-0.2, -0.15) is 0 Å². The SMILES string of the molecule is CCCCCCCCCCCCCCCCCCC(CC(=O)O)C(=O)O.N.N. The minimum Gasteiger partial charge on any atom is -0.481 e. The van der Waals surface area contributed by atoms with Gasteiger partial charge in [0.1, 0.15) is 0 Å². The normalized spacial score (nSPS) is 11.3. The zero-order valence-electron chi connectivity index (χ0n) is 18.4. The minimum atomic E-state index is -1.02. The van der Waals surface area contributed by atoms with Crippen molar-refractivity contribution < 1.29 is 19.8 Å². The van der Waals surface area contributed by atoms with Crippen LogP contribution in [0.1, 0.15) is 122 Å². The molecule has 0 aromatic heterocycles. The lowest BCUT2D eigenvalue weighted by atomic mass is 9.97. The molecule has 1 atom stereocenters. The predicted octanol–water partition coefficient (Wildman–Crippen LogP) is 7.14. The molecule has 0 aromatic carbocycles. The Morgan fingerprint density at radius 1 is 0.607 bits per heavy atom. The highest BCUT2D eigenvalue weighted by Crippen LogP contribution is 2.17.